The van der Waals surface area contributed by atoms with Crippen LogP contribution in [0, 0.1) is 0 Å². The Balaban J connectivity index is 1.73. The van der Waals surface area contributed by atoms with E-state index in [0.717, 1.165) is 11.1 Å². The average molecular weight is 386 g/mol. The summed E-state index contributed by atoms with van der Waals surface area (Å²) in [5, 5.41) is 3.21. The highest BCUT2D eigenvalue weighted by Gasteiger charge is 2.06. The fourth-order valence-electron chi connectivity index (χ4n) is 2.07. The molecule has 0 bridgehead atoms. The molecular formula is C21H20ClNO4. The third-order valence-corrected chi connectivity index (χ3v) is 3.81. The highest BCUT2D eigenvalue weighted by atomic mass is 35.5. The maximum absolute atomic E-state index is 11.8. The Hall–Kier alpha value is -3.05. The lowest BCUT2D eigenvalue weighted by Gasteiger charge is -2.07. The van der Waals surface area contributed by atoms with Crippen molar-refractivity contribution < 1.29 is 19.1 Å². The van der Waals surface area contributed by atoms with E-state index < -0.39 is 11.9 Å². The molecule has 0 aliphatic carbocycles. The van der Waals surface area contributed by atoms with Crippen molar-refractivity contribution in [3.8, 4) is 5.75 Å². The predicted molar refractivity (Wildman–Crippen MR) is 105 cm³/mol. The molecular weight excluding hydrogens is 366 g/mol. The molecule has 6 heteroatoms. The lowest BCUT2D eigenvalue weighted by molar-refractivity contribution is -0.143. The molecule has 0 unspecified atom stereocenters. The van der Waals surface area contributed by atoms with E-state index in [1.165, 1.54) is 6.08 Å². The number of hydrogen-bond donors (Lipinski definition) is 1. The van der Waals surface area contributed by atoms with Gasteiger partial charge in [-0.15, -0.1) is 0 Å². The first-order valence-corrected chi connectivity index (χ1v) is 8.65. The van der Waals surface area contributed by atoms with Crippen LogP contribution in [0.25, 0.3) is 6.08 Å². The van der Waals surface area contributed by atoms with E-state index in [1.54, 1.807) is 42.5 Å². The molecule has 0 heterocycles. The van der Waals surface area contributed by atoms with Gasteiger partial charge in [0.2, 0.25) is 0 Å². The van der Waals surface area contributed by atoms with Crippen LogP contribution in [0.15, 0.2) is 67.3 Å². The van der Waals surface area contributed by atoms with E-state index in [9.17, 15) is 9.59 Å². The SMILES string of the molecule is C=CCOc1ccc(/C=C/C(=O)OCC(=O)NCc2ccccc2Cl)cc1. The number of ether oxygens (including phenoxy) is 2. The molecule has 27 heavy (non-hydrogen) atoms. The van der Waals surface area contributed by atoms with E-state index in [-0.39, 0.29) is 13.2 Å². The van der Waals surface area contributed by atoms with Crippen LogP contribution < -0.4 is 10.1 Å². The molecule has 1 amide bonds. The molecule has 0 aliphatic rings. The molecule has 5 nitrogen and oxygen atoms in total. The van der Waals surface area contributed by atoms with Crippen LogP contribution in [-0.2, 0) is 20.9 Å². The van der Waals surface area contributed by atoms with Crippen molar-refractivity contribution in [1.29, 1.82) is 0 Å². The molecule has 140 valence electrons. The quantitative estimate of drug-likeness (QED) is 0.405. The summed E-state index contributed by atoms with van der Waals surface area (Å²) in [5.74, 6) is -0.292. The minimum Gasteiger partial charge on any atom is -0.490 e. The Morgan fingerprint density at radius 1 is 1.11 bits per heavy atom. The smallest absolute Gasteiger partial charge is 0.331 e. The van der Waals surface area contributed by atoms with E-state index in [4.69, 9.17) is 21.1 Å². The van der Waals surface area contributed by atoms with Crippen LogP contribution in [0.2, 0.25) is 5.02 Å². The fourth-order valence-corrected chi connectivity index (χ4v) is 2.27. The van der Waals surface area contributed by atoms with Crippen molar-refractivity contribution in [2.75, 3.05) is 13.2 Å². The molecule has 0 atom stereocenters. The third-order valence-electron chi connectivity index (χ3n) is 3.44. The van der Waals surface area contributed by atoms with Crippen molar-refractivity contribution >= 4 is 29.6 Å². The summed E-state index contributed by atoms with van der Waals surface area (Å²) in [6.07, 6.45) is 4.52. The maximum atomic E-state index is 11.8. The number of hydrogen-bond acceptors (Lipinski definition) is 4. The van der Waals surface area contributed by atoms with E-state index in [1.807, 2.05) is 18.2 Å². The molecule has 0 spiro atoms. The zero-order chi connectivity index (χ0) is 19.5. The van der Waals surface area contributed by atoms with Gasteiger partial charge in [-0.1, -0.05) is 54.6 Å². The number of carbonyl (C=O) groups excluding carboxylic acids is 2. The normalized spacial score (nSPS) is 10.4. The summed E-state index contributed by atoms with van der Waals surface area (Å²) in [4.78, 5) is 23.5. The number of amides is 1. The van der Waals surface area contributed by atoms with Gasteiger partial charge < -0.3 is 14.8 Å². The van der Waals surface area contributed by atoms with E-state index in [0.29, 0.717) is 17.4 Å². The summed E-state index contributed by atoms with van der Waals surface area (Å²) in [7, 11) is 0. The van der Waals surface area contributed by atoms with Gasteiger partial charge in [0.25, 0.3) is 5.91 Å². The Bertz CT molecular complexity index is 815. The molecule has 0 saturated carbocycles. The second-order valence-corrected chi connectivity index (χ2v) is 5.89. The number of halogens is 1. The molecule has 0 aromatic heterocycles. The highest BCUT2D eigenvalue weighted by Crippen LogP contribution is 2.14. The number of benzene rings is 2. The Kier molecular flexibility index (Phi) is 8.13. The second kappa shape index (κ2) is 10.8. The largest absolute Gasteiger partial charge is 0.490 e. The van der Waals surface area contributed by atoms with Gasteiger partial charge in [-0.3, -0.25) is 4.79 Å². The van der Waals surface area contributed by atoms with Gasteiger partial charge in [-0.25, -0.2) is 4.79 Å². The lowest BCUT2D eigenvalue weighted by Crippen LogP contribution is -2.28. The van der Waals surface area contributed by atoms with Crippen LogP contribution >= 0.6 is 11.6 Å². The number of esters is 1. The summed E-state index contributed by atoms with van der Waals surface area (Å²) >= 11 is 6.01. The van der Waals surface area contributed by atoms with E-state index >= 15 is 0 Å². The summed E-state index contributed by atoms with van der Waals surface area (Å²) in [5.41, 5.74) is 1.60. The molecule has 0 fully saturated rings. The topological polar surface area (TPSA) is 64.6 Å². The molecule has 2 aromatic rings. The molecule has 2 aromatic carbocycles. The molecule has 0 radical (unpaired) electrons. The van der Waals surface area contributed by atoms with Crippen LogP contribution in [-0.4, -0.2) is 25.1 Å². The summed E-state index contributed by atoms with van der Waals surface area (Å²) < 4.78 is 10.3. The fraction of sp³-hybridized carbons (Fsp3) is 0.143. The van der Waals surface area contributed by atoms with Gasteiger partial charge in [0.15, 0.2) is 6.61 Å². The lowest BCUT2D eigenvalue weighted by atomic mass is 10.2. The monoisotopic (exact) mass is 385 g/mol. The van der Waals surface area contributed by atoms with Gasteiger partial charge in [-0.2, -0.15) is 0 Å². The van der Waals surface area contributed by atoms with Crippen molar-refractivity contribution in [2.45, 2.75) is 6.54 Å². The average Bonchev–Trinajstić information content (AvgIpc) is 2.69. The minimum atomic E-state index is -0.602. The molecule has 2 rings (SSSR count). The van der Waals surface area contributed by atoms with Crippen molar-refractivity contribution in [3.63, 3.8) is 0 Å². The van der Waals surface area contributed by atoms with Crippen molar-refractivity contribution in [1.82, 2.24) is 5.32 Å². The third kappa shape index (κ3) is 7.38. The van der Waals surface area contributed by atoms with Gasteiger partial charge in [0.05, 0.1) is 0 Å². The highest BCUT2D eigenvalue weighted by molar-refractivity contribution is 6.31. The van der Waals surface area contributed by atoms with Crippen LogP contribution in [0.5, 0.6) is 5.75 Å². The molecule has 0 aliphatic heterocycles. The van der Waals surface area contributed by atoms with Crippen molar-refractivity contribution in [2.24, 2.45) is 0 Å². The van der Waals surface area contributed by atoms with Crippen molar-refractivity contribution in [3.05, 3.63) is 83.4 Å². The number of carbonyl (C=O) groups is 2. The van der Waals surface area contributed by atoms with Gasteiger partial charge in [0, 0.05) is 17.6 Å². The van der Waals surface area contributed by atoms with E-state index in [2.05, 4.69) is 11.9 Å². The summed E-state index contributed by atoms with van der Waals surface area (Å²) in [6.45, 7) is 3.92. The Morgan fingerprint density at radius 3 is 2.56 bits per heavy atom. The predicted octanol–water partition coefficient (Wildman–Crippen LogP) is 3.78. The standard InChI is InChI=1S/C21H20ClNO4/c1-2-13-26-18-10-7-16(8-11-18)9-12-21(25)27-15-20(24)23-14-17-5-3-4-6-19(17)22/h2-12H,1,13-15H2,(H,23,24)/b12-9+. The maximum Gasteiger partial charge on any atom is 0.331 e. The number of rotatable bonds is 9. The van der Waals surface area contributed by atoms with Gasteiger partial charge in [0.1, 0.15) is 12.4 Å². The first kappa shape index (κ1) is 20.3. The second-order valence-electron chi connectivity index (χ2n) is 5.48. The zero-order valence-corrected chi connectivity index (χ0v) is 15.4. The Morgan fingerprint density at radius 2 is 1.85 bits per heavy atom. The van der Waals surface area contributed by atoms with Crippen LogP contribution in [0.1, 0.15) is 11.1 Å². The first-order valence-electron chi connectivity index (χ1n) is 8.27. The Labute approximate surface area is 163 Å². The van der Waals surface area contributed by atoms with Crippen LogP contribution in [0.4, 0.5) is 0 Å². The zero-order valence-electron chi connectivity index (χ0n) is 14.7. The first-order chi connectivity index (χ1) is 13.1. The van der Waals surface area contributed by atoms with Crippen LogP contribution in [0.3, 0.4) is 0 Å². The summed E-state index contributed by atoms with van der Waals surface area (Å²) in [6, 6.07) is 14.4. The van der Waals surface area contributed by atoms with Gasteiger partial charge in [-0.05, 0) is 35.4 Å². The molecule has 1 N–H and O–H groups in total. The van der Waals surface area contributed by atoms with Gasteiger partial charge >= 0.3 is 5.97 Å². The molecule has 0 saturated heterocycles. The number of nitrogens with one attached hydrogen (secondary N) is 1. The minimum absolute atomic E-state index is 0.270.